The number of aliphatic hydroxyl groups is 1. The maximum absolute atomic E-state index is 12.6. The first-order valence-corrected chi connectivity index (χ1v) is 8.47. The molecule has 8 heteroatoms. The zero-order chi connectivity index (χ0) is 18.1. The van der Waals surface area contributed by atoms with Crippen molar-refractivity contribution < 1.29 is 14.7 Å². The average molecular weight is 353 g/mol. The van der Waals surface area contributed by atoms with Crippen molar-refractivity contribution in [2.24, 2.45) is 0 Å². The zero-order valence-electron chi connectivity index (χ0n) is 14.0. The minimum absolute atomic E-state index is 0.0166. The fraction of sp³-hybridized carbons (Fsp3) is 0.278. The Morgan fingerprint density at radius 1 is 1.12 bits per heavy atom. The predicted octanol–water partition coefficient (Wildman–Crippen LogP) is 1.07. The van der Waals surface area contributed by atoms with Crippen molar-refractivity contribution in [3.05, 3.63) is 53.6 Å². The lowest BCUT2D eigenvalue weighted by Gasteiger charge is -2.36. The van der Waals surface area contributed by atoms with Gasteiger partial charge in [-0.1, -0.05) is 6.07 Å². The maximum Gasteiger partial charge on any atom is 0.267 e. The van der Waals surface area contributed by atoms with Crippen LogP contribution < -0.4 is 10.6 Å². The molecule has 0 radical (unpaired) electrons. The van der Waals surface area contributed by atoms with Crippen LogP contribution in [0.1, 0.15) is 39.5 Å². The molecule has 0 aliphatic heterocycles. The van der Waals surface area contributed by atoms with E-state index in [9.17, 15) is 14.7 Å². The van der Waals surface area contributed by atoms with Crippen molar-refractivity contribution in [3.8, 4) is 0 Å². The lowest BCUT2D eigenvalue weighted by Crippen LogP contribution is -2.53. The topological polar surface area (TPSA) is 123 Å². The van der Waals surface area contributed by atoms with Gasteiger partial charge in [-0.15, -0.1) is 0 Å². The number of hydrogen-bond donors (Lipinski definition) is 5. The van der Waals surface area contributed by atoms with Crippen LogP contribution in [-0.2, 0) is 6.61 Å². The summed E-state index contributed by atoms with van der Waals surface area (Å²) >= 11 is 0. The Balaban J connectivity index is 1.35. The molecule has 0 unspecified atom stereocenters. The number of benzene rings is 1. The molecule has 1 aliphatic carbocycles. The highest BCUT2D eigenvalue weighted by molar-refractivity contribution is 6.05. The molecule has 1 fully saturated rings. The molecule has 0 atom stereocenters. The summed E-state index contributed by atoms with van der Waals surface area (Å²) in [7, 11) is 0. The molecule has 134 valence electrons. The second-order valence-corrected chi connectivity index (χ2v) is 6.44. The Morgan fingerprint density at radius 2 is 1.88 bits per heavy atom. The minimum atomic E-state index is -0.208. The van der Waals surface area contributed by atoms with E-state index in [4.69, 9.17) is 0 Å². The number of fused-ring (bicyclic) bond motifs is 1. The van der Waals surface area contributed by atoms with Crippen molar-refractivity contribution in [2.75, 3.05) is 0 Å². The summed E-state index contributed by atoms with van der Waals surface area (Å²) in [6.45, 7) is -0.208. The molecular weight excluding hydrogens is 334 g/mol. The smallest absolute Gasteiger partial charge is 0.267 e. The molecule has 26 heavy (non-hydrogen) atoms. The summed E-state index contributed by atoms with van der Waals surface area (Å²) < 4.78 is 0. The van der Waals surface area contributed by atoms with E-state index in [0.29, 0.717) is 41.0 Å². The minimum Gasteiger partial charge on any atom is -0.388 e. The molecule has 0 saturated heterocycles. The Bertz CT molecular complexity index is 941. The normalized spacial score (nSPS) is 19.1. The SMILES string of the molecule is O=C(NC1CC(NC(=O)c2cccc3[nH]c(CO)nc23)C1)c1ccc[nH]1. The second kappa shape index (κ2) is 6.64. The summed E-state index contributed by atoms with van der Waals surface area (Å²) in [6, 6.07) is 8.86. The van der Waals surface area contributed by atoms with E-state index in [1.165, 1.54) is 0 Å². The van der Waals surface area contributed by atoms with Crippen molar-refractivity contribution in [2.45, 2.75) is 31.5 Å². The Hall–Kier alpha value is -3.13. The molecule has 1 saturated carbocycles. The molecule has 2 amide bonds. The summed E-state index contributed by atoms with van der Waals surface area (Å²) in [6.07, 6.45) is 3.09. The number of nitrogens with one attached hydrogen (secondary N) is 4. The molecular formula is C18H19N5O3. The van der Waals surface area contributed by atoms with E-state index >= 15 is 0 Å². The number of nitrogens with zero attached hydrogens (tertiary/aromatic N) is 1. The number of carbonyl (C=O) groups is 2. The summed E-state index contributed by atoms with van der Waals surface area (Å²) in [5.74, 6) is 0.0873. The number of H-pyrrole nitrogens is 2. The van der Waals surface area contributed by atoms with Gasteiger partial charge in [0.25, 0.3) is 11.8 Å². The van der Waals surface area contributed by atoms with Crippen molar-refractivity contribution in [1.29, 1.82) is 0 Å². The molecule has 8 nitrogen and oxygen atoms in total. The van der Waals surface area contributed by atoms with Gasteiger partial charge in [-0.3, -0.25) is 9.59 Å². The van der Waals surface area contributed by atoms with Gasteiger partial charge < -0.3 is 25.7 Å². The predicted molar refractivity (Wildman–Crippen MR) is 94.6 cm³/mol. The number of aromatic nitrogens is 3. The lowest BCUT2D eigenvalue weighted by atomic mass is 9.86. The lowest BCUT2D eigenvalue weighted by molar-refractivity contribution is 0.0861. The third kappa shape index (κ3) is 3.06. The number of amides is 2. The average Bonchev–Trinajstić information content (AvgIpc) is 3.28. The summed E-state index contributed by atoms with van der Waals surface area (Å²) in [5, 5.41) is 15.1. The summed E-state index contributed by atoms with van der Waals surface area (Å²) in [5.41, 5.74) is 2.26. The van der Waals surface area contributed by atoms with Crippen LogP contribution in [0.4, 0.5) is 0 Å². The van der Waals surface area contributed by atoms with Gasteiger partial charge in [0, 0.05) is 18.3 Å². The maximum atomic E-state index is 12.6. The fourth-order valence-electron chi connectivity index (χ4n) is 3.19. The Labute approximate surface area is 149 Å². The highest BCUT2D eigenvalue weighted by atomic mass is 16.3. The van der Waals surface area contributed by atoms with Crippen molar-refractivity contribution >= 4 is 22.8 Å². The van der Waals surface area contributed by atoms with Gasteiger partial charge in [-0.25, -0.2) is 4.98 Å². The van der Waals surface area contributed by atoms with Gasteiger partial charge in [0.1, 0.15) is 23.6 Å². The molecule has 2 aromatic heterocycles. The van der Waals surface area contributed by atoms with Gasteiger partial charge in [-0.05, 0) is 37.1 Å². The molecule has 5 N–H and O–H groups in total. The van der Waals surface area contributed by atoms with Crippen LogP contribution in [0.15, 0.2) is 36.5 Å². The third-order valence-corrected chi connectivity index (χ3v) is 4.61. The van der Waals surface area contributed by atoms with Crippen LogP contribution in [-0.4, -0.2) is 44.0 Å². The standard InChI is InChI=1S/C18H19N5O3/c24-9-15-22-13-4-1-3-12(16(13)23-15)17(25)20-10-7-11(8-10)21-18(26)14-5-2-6-19-14/h1-6,10-11,19,24H,7-9H2,(H,20,25)(H,21,26)(H,22,23). The Kier molecular flexibility index (Phi) is 4.18. The molecule has 3 aromatic rings. The van der Waals surface area contributed by atoms with Crippen molar-refractivity contribution in [3.63, 3.8) is 0 Å². The van der Waals surface area contributed by atoms with Crippen LogP contribution in [0.5, 0.6) is 0 Å². The highest BCUT2D eigenvalue weighted by Gasteiger charge is 2.32. The van der Waals surface area contributed by atoms with E-state index in [2.05, 4.69) is 25.6 Å². The van der Waals surface area contributed by atoms with Crippen LogP contribution >= 0.6 is 0 Å². The number of rotatable bonds is 5. The highest BCUT2D eigenvalue weighted by Crippen LogP contribution is 2.22. The van der Waals surface area contributed by atoms with Gasteiger partial charge in [0.2, 0.25) is 0 Å². The first kappa shape index (κ1) is 16.3. The number of hydrogen-bond acceptors (Lipinski definition) is 4. The number of aromatic amines is 2. The van der Waals surface area contributed by atoms with Gasteiger partial charge in [-0.2, -0.15) is 0 Å². The van der Waals surface area contributed by atoms with Crippen LogP contribution in [0.2, 0.25) is 0 Å². The second-order valence-electron chi connectivity index (χ2n) is 6.44. The third-order valence-electron chi connectivity index (χ3n) is 4.61. The first-order valence-electron chi connectivity index (χ1n) is 8.47. The number of imidazole rings is 1. The van der Waals surface area contributed by atoms with Gasteiger partial charge in [0.15, 0.2) is 0 Å². The largest absolute Gasteiger partial charge is 0.388 e. The zero-order valence-corrected chi connectivity index (χ0v) is 14.0. The molecule has 0 bridgehead atoms. The first-order chi connectivity index (χ1) is 12.6. The molecule has 4 rings (SSSR count). The van der Waals surface area contributed by atoms with Crippen molar-refractivity contribution in [1.82, 2.24) is 25.6 Å². The van der Waals surface area contributed by atoms with E-state index in [-0.39, 0.29) is 30.5 Å². The molecule has 1 aromatic carbocycles. The fourth-order valence-corrected chi connectivity index (χ4v) is 3.19. The van der Waals surface area contributed by atoms with E-state index in [1.54, 1.807) is 30.5 Å². The number of aliphatic hydroxyl groups excluding tert-OH is 1. The van der Waals surface area contributed by atoms with E-state index in [0.717, 1.165) is 0 Å². The van der Waals surface area contributed by atoms with Gasteiger partial charge >= 0.3 is 0 Å². The van der Waals surface area contributed by atoms with Crippen LogP contribution in [0.3, 0.4) is 0 Å². The number of para-hydroxylation sites is 1. The molecule has 1 aliphatic rings. The molecule has 2 heterocycles. The quantitative estimate of drug-likeness (QED) is 0.471. The van der Waals surface area contributed by atoms with Crippen LogP contribution in [0.25, 0.3) is 11.0 Å². The van der Waals surface area contributed by atoms with Crippen LogP contribution in [0, 0.1) is 0 Å². The van der Waals surface area contributed by atoms with E-state index < -0.39 is 0 Å². The van der Waals surface area contributed by atoms with E-state index in [1.807, 2.05) is 6.07 Å². The van der Waals surface area contributed by atoms with Gasteiger partial charge in [0.05, 0.1) is 11.1 Å². The Morgan fingerprint density at radius 3 is 2.58 bits per heavy atom. The number of carbonyl (C=O) groups excluding carboxylic acids is 2. The monoisotopic (exact) mass is 353 g/mol. The summed E-state index contributed by atoms with van der Waals surface area (Å²) in [4.78, 5) is 34.6. The molecule has 0 spiro atoms.